The number of rotatable bonds is 2. The van der Waals surface area contributed by atoms with Crippen molar-refractivity contribution in [3.05, 3.63) is 28.7 Å². The average molecular weight is 276 g/mol. The second-order valence-corrected chi connectivity index (χ2v) is 6.34. The molecule has 2 aromatic rings. The molecule has 2 heterocycles. The first-order chi connectivity index (χ1) is 9.33. The van der Waals surface area contributed by atoms with Gasteiger partial charge in [-0.25, -0.2) is 9.50 Å². The lowest BCUT2D eigenvalue weighted by atomic mass is 9.87. The Bertz CT molecular complexity index is 609. The van der Waals surface area contributed by atoms with Gasteiger partial charge in [0.25, 0.3) is 0 Å². The first kappa shape index (κ1) is 11.7. The van der Waals surface area contributed by atoms with E-state index in [1.807, 2.05) is 12.3 Å². The van der Waals surface area contributed by atoms with Gasteiger partial charge in [-0.2, -0.15) is 5.10 Å². The van der Waals surface area contributed by atoms with Crippen LogP contribution < -0.4 is 0 Å². The van der Waals surface area contributed by atoms with Crippen molar-refractivity contribution in [3.63, 3.8) is 0 Å². The van der Waals surface area contributed by atoms with Gasteiger partial charge in [-0.15, -0.1) is 0 Å². The zero-order chi connectivity index (χ0) is 12.8. The molecule has 2 fully saturated rings. The second kappa shape index (κ2) is 4.48. The van der Waals surface area contributed by atoms with Crippen molar-refractivity contribution < 1.29 is 0 Å². The van der Waals surface area contributed by atoms with Gasteiger partial charge in [0.05, 0.1) is 6.20 Å². The maximum atomic E-state index is 6.38. The summed E-state index contributed by atoms with van der Waals surface area (Å²) in [5.41, 5.74) is 3.47. The van der Waals surface area contributed by atoms with Gasteiger partial charge in [0.2, 0.25) is 0 Å². The van der Waals surface area contributed by atoms with Crippen molar-refractivity contribution in [2.45, 2.75) is 56.8 Å². The maximum absolute atomic E-state index is 6.38. The topological polar surface area (TPSA) is 30.2 Å². The Balaban J connectivity index is 1.80. The van der Waals surface area contributed by atoms with Crippen LogP contribution in [-0.2, 0) is 0 Å². The van der Waals surface area contributed by atoms with Gasteiger partial charge in [0, 0.05) is 17.2 Å². The number of nitrogens with zero attached hydrogens (tertiary/aromatic N) is 3. The van der Waals surface area contributed by atoms with Crippen molar-refractivity contribution in [2.24, 2.45) is 0 Å². The van der Waals surface area contributed by atoms with Crippen molar-refractivity contribution in [2.75, 3.05) is 0 Å². The Labute approximate surface area is 118 Å². The molecular weight excluding hydrogens is 258 g/mol. The van der Waals surface area contributed by atoms with Crippen LogP contribution in [0.3, 0.4) is 0 Å². The lowest BCUT2D eigenvalue weighted by Crippen LogP contribution is -2.08. The Kier molecular flexibility index (Phi) is 2.76. The Hall–Kier alpha value is -1.09. The molecule has 0 aliphatic heterocycles. The fourth-order valence-corrected chi connectivity index (χ4v) is 3.49. The normalized spacial score (nSPS) is 21.1. The van der Waals surface area contributed by atoms with E-state index in [0.29, 0.717) is 17.0 Å². The van der Waals surface area contributed by atoms with Crippen LogP contribution in [0.25, 0.3) is 5.65 Å². The summed E-state index contributed by atoms with van der Waals surface area (Å²) in [5.74, 6) is 1.26. The molecule has 3 nitrogen and oxygen atoms in total. The monoisotopic (exact) mass is 275 g/mol. The Morgan fingerprint density at radius 1 is 1.05 bits per heavy atom. The predicted molar refractivity (Wildman–Crippen MR) is 75.8 cm³/mol. The molecule has 100 valence electrons. The van der Waals surface area contributed by atoms with Gasteiger partial charge in [-0.05, 0) is 37.7 Å². The fourth-order valence-electron chi connectivity index (χ4n) is 3.25. The highest BCUT2D eigenvalue weighted by Crippen LogP contribution is 2.42. The molecule has 2 aliphatic rings. The quantitative estimate of drug-likeness (QED) is 0.765. The van der Waals surface area contributed by atoms with E-state index in [-0.39, 0.29) is 0 Å². The summed E-state index contributed by atoms with van der Waals surface area (Å²) in [7, 11) is 0. The van der Waals surface area contributed by atoms with Crippen LogP contribution in [0.5, 0.6) is 0 Å². The highest BCUT2D eigenvalue weighted by atomic mass is 35.5. The zero-order valence-corrected chi connectivity index (χ0v) is 11.7. The lowest BCUT2D eigenvalue weighted by molar-refractivity contribution is 0.436. The lowest BCUT2D eigenvalue weighted by Gasteiger charge is -2.21. The van der Waals surface area contributed by atoms with E-state index < -0.39 is 0 Å². The number of fused-ring (bicyclic) bond motifs is 1. The van der Waals surface area contributed by atoms with Crippen LogP contribution in [0.1, 0.15) is 68.0 Å². The highest BCUT2D eigenvalue weighted by Gasteiger charge is 2.28. The summed E-state index contributed by atoms with van der Waals surface area (Å²) >= 11 is 6.38. The van der Waals surface area contributed by atoms with Crippen LogP contribution in [0, 0.1) is 0 Å². The molecule has 0 bridgehead atoms. The number of hydrogen-bond donors (Lipinski definition) is 0. The van der Waals surface area contributed by atoms with Crippen molar-refractivity contribution in [1.82, 2.24) is 14.6 Å². The summed E-state index contributed by atoms with van der Waals surface area (Å²) < 4.78 is 1.79. The van der Waals surface area contributed by atoms with E-state index in [2.05, 4.69) is 5.10 Å². The third kappa shape index (κ3) is 2.04. The third-order valence-corrected chi connectivity index (χ3v) is 4.79. The Morgan fingerprint density at radius 3 is 2.58 bits per heavy atom. The molecule has 0 unspecified atom stereocenters. The minimum Gasteiger partial charge on any atom is -0.233 e. The van der Waals surface area contributed by atoms with Crippen LogP contribution in [0.2, 0.25) is 5.15 Å². The van der Waals surface area contributed by atoms with E-state index in [1.54, 1.807) is 4.52 Å². The van der Waals surface area contributed by atoms with Crippen molar-refractivity contribution in [3.8, 4) is 0 Å². The second-order valence-electron chi connectivity index (χ2n) is 5.95. The first-order valence-electron chi connectivity index (χ1n) is 7.37. The van der Waals surface area contributed by atoms with Crippen LogP contribution in [0.4, 0.5) is 0 Å². The van der Waals surface area contributed by atoms with Gasteiger partial charge >= 0.3 is 0 Å². The Morgan fingerprint density at radius 2 is 1.84 bits per heavy atom. The fraction of sp³-hybridized carbons (Fsp3) is 0.600. The first-order valence-corrected chi connectivity index (χ1v) is 7.75. The molecule has 0 aromatic carbocycles. The molecule has 0 amide bonds. The molecule has 0 atom stereocenters. The molecule has 19 heavy (non-hydrogen) atoms. The van der Waals surface area contributed by atoms with Gasteiger partial charge in [0.15, 0.2) is 5.65 Å². The van der Waals surface area contributed by atoms with Crippen molar-refractivity contribution in [1.29, 1.82) is 0 Å². The average Bonchev–Trinajstić information content (AvgIpc) is 3.19. The number of aromatic nitrogens is 3. The molecule has 4 heteroatoms. The van der Waals surface area contributed by atoms with Crippen LogP contribution >= 0.6 is 11.6 Å². The number of halogens is 1. The molecule has 0 spiro atoms. The smallest absolute Gasteiger partial charge is 0.160 e. The summed E-state index contributed by atoms with van der Waals surface area (Å²) in [4.78, 5) is 4.90. The van der Waals surface area contributed by atoms with Gasteiger partial charge < -0.3 is 0 Å². The van der Waals surface area contributed by atoms with E-state index in [0.717, 1.165) is 5.65 Å². The molecule has 0 saturated heterocycles. The molecule has 2 saturated carbocycles. The number of hydrogen-bond acceptors (Lipinski definition) is 2. The molecule has 4 rings (SSSR count). The minimum absolute atomic E-state index is 0.596. The van der Waals surface area contributed by atoms with Gasteiger partial charge in [0.1, 0.15) is 5.15 Å². The van der Waals surface area contributed by atoms with E-state index >= 15 is 0 Å². The highest BCUT2D eigenvalue weighted by molar-refractivity contribution is 6.29. The summed E-state index contributed by atoms with van der Waals surface area (Å²) in [6, 6.07) is 2.02. The van der Waals surface area contributed by atoms with Crippen LogP contribution in [0.15, 0.2) is 12.3 Å². The predicted octanol–water partition coefficient (Wildman–Crippen LogP) is 4.31. The van der Waals surface area contributed by atoms with E-state index in [1.165, 1.54) is 56.2 Å². The van der Waals surface area contributed by atoms with E-state index in [9.17, 15) is 0 Å². The van der Waals surface area contributed by atoms with Crippen molar-refractivity contribution >= 4 is 17.2 Å². The summed E-state index contributed by atoms with van der Waals surface area (Å²) in [5, 5.41) is 5.09. The van der Waals surface area contributed by atoms with Gasteiger partial charge in [-0.1, -0.05) is 30.9 Å². The molecule has 0 radical (unpaired) electrons. The maximum Gasteiger partial charge on any atom is 0.160 e. The zero-order valence-electron chi connectivity index (χ0n) is 11.0. The summed E-state index contributed by atoms with van der Waals surface area (Å²) in [6.45, 7) is 0. The largest absolute Gasteiger partial charge is 0.233 e. The minimum atomic E-state index is 0.596. The summed E-state index contributed by atoms with van der Waals surface area (Å²) in [6.07, 6.45) is 11.0. The van der Waals surface area contributed by atoms with Gasteiger partial charge in [-0.3, -0.25) is 0 Å². The van der Waals surface area contributed by atoms with E-state index in [4.69, 9.17) is 16.6 Å². The molecule has 0 N–H and O–H groups in total. The van der Waals surface area contributed by atoms with Crippen LogP contribution in [-0.4, -0.2) is 14.6 Å². The SMILES string of the molecule is Clc1cc(C2CCCCC2)nc2c(C3CC3)cnn12. The standard InChI is InChI=1S/C15H18ClN3/c16-14-8-13(11-4-2-1-3-5-11)18-15-12(10-6-7-10)9-17-19(14)15/h8-11H,1-7H2. The molecule has 2 aromatic heterocycles. The third-order valence-electron chi connectivity index (χ3n) is 4.52. The molecule has 2 aliphatic carbocycles. The molecular formula is C15H18ClN3.